The molecule has 0 saturated carbocycles. The van der Waals surface area contributed by atoms with Crippen LogP contribution in [-0.2, 0) is 0 Å². The van der Waals surface area contributed by atoms with Gasteiger partial charge in [0.15, 0.2) is 0 Å². The lowest BCUT2D eigenvalue weighted by Crippen LogP contribution is -2.10. The van der Waals surface area contributed by atoms with Crippen molar-refractivity contribution in [1.29, 1.82) is 0 Å². The predicted octanol–water partition coefficient (Wildman–Crippen LogP) is 13.4. The van der Waals surface area contributed by atoms with E-state index in [-0.39, 0.29) is 0 Å². The Kier molecular flexibility index (Phi) is 5.78. The third-order valence-electron chi connectivity index (χ3n) is 9.41. The van der Waals surface area contributed by atoms with Crippen molar-refractivity contribution in [2.24, 2.45) is 0 Å². The highest BCUT2D eigenvalue weighted by molar-refractivity contribution is 7.26. The molecule has 0 aliphatic rings. The van der Waals surface area contributed by atoms with E-state index in [1.165, 1.54) is 58.5 Å². The molecule has 0 amide bonds. The van der Waals surface area contributed by atoms with Gasteiger partial charge in [-0.15, -0.1) is 11.3 Å². The van der Waals surface area contributed by atoms with Crippen LogP contribution in [-0.4, -0.2) is 0 Å². The minimum atomic E-state index is 0.924. The fourth-order valence-corrected chi connectivity index (χ4v) is 8.36. The van der Waals surface area contributed by atoms with Gasteiger partial charge in [0.05, 0.1) is 5.69 Å². The molecule has 220 valence electrons. The van der Waals surface area contributed by atoms with Crippen LogP contribution < -0.4 is 4.90 Å². The number of fused-ring (bicyclic) bond motifs is 9. The number of para-hydroxylation sites is 1. The lowest BCUT2D eigenvalue weighted by molar-refractivity contribution is 0.669. The molecule has 0 N–H and O–H groups in total. The molecule has 0 spiro atoms. The number of furan rings is 1. The van der Waals surface area contributed by atoms with Crippen molar-refractivity contribution in [2.45, 2.75) is 0 Å². The van der Waals surface area contributed by atoms with E-state index in [1.54, 1.807) is 0 Å². The number of thiophene rings is 1. The molecule has 0 atom stereocenters. The summed E-state index contributed by atoms with van der Waals surface area (Å²) in [7, 11) is 0. The third kappa shape index (κ3) is 4.17. The Bertz CT molecular complexity index is 2810. The highest BCUT2D eigenvalue weighted by Crippen LogP contribution is 2.46. The molecule has 47 heavy (non-hydrogen) atoms. The summed E-state index contributed by atoms with van der Waals surface area (Å²) < 4.78 is 8.81. The normalized spacial score (nSPS) is 11.8. The third-order valence-corrected chi connectivity index (χ3v) is 10.5. The van der Waals surface area contributed by atoms with Gasteiger partial charge >= 0.3 is 0 Å². The van der Waals surface area contributed by atoms with Gasteiger partial charge in [0, 0.05) is 42.3 Å². The molecule has 2 aromatic heterocycles. The van der Waals surface area contributed by atoms with Crippen molar-refractivity contribution in [3.8, 4) is 11.1 Å². The first kappa shape index (κ1) is 26.3. The number of hydrogen-bond acceptors (Lipinski definition) is 3. The monoisotopic (exact) mass is 617 g/mol. The standard InChI is InChI=1S/C44H27NOS/c1-2-10-28(11-3-1)29-12-8-13-32(24-29)45(39-16-9-19-43-44(39)36-15-5-7-18-42(36)47-43)33-22-23-34-30(25-33)20-21-31-26-41-38(27-37(31)34)35-14-4-6-17-40(35)46-41/h1-27H. The molecule has 0 radical (unpaired) electrons. The lowest BCUT2D eigenvalue weighted by Gasteiger charge is -2.27. The Hall–Kier alpha value is -5.90. The minimum Gasteiger partial charge on any atom is -0.456 e. The number of hydrogen-bond donors (Lipinski definition) is 0. The number of nitrogens with zero attached hydrogens (tertiary/aromatic N) is 1. The number of anilines is 3. The molecule has 10 rings (SSSR count). The van der Waals surface area contributed by atoms with Crippen LogP contribution >= 0.6 is 11.3 Å². The smallest absolute Gasteiger partial charge is 0.136 e. The van der Waals surface area contributed by atoms with Crippen molar-refractivity contribution < 1.29 is 4.42 Å². The molecule has 2 heterocycles. The van der Waals surface area contributed by atoms with Gasteiger partial charge < -0.3 is 9.32 Å². The van der Waals surface area contributed by atoms with Crippen LogP contribution in [0.15, 0.2) is 168 Å². The van der Waals surface area contributed by atoms with Gasteiger partial charge in [-0.05, 0) is 93.3 Å². The maximum Gasteiger partial charge on any atom is 0.136 e. The maximum absolute atomic E-state index is 6.22. The molecule has 0 aliphatic heterocycles. The Morgan fingerprint density at radius 3 is 2.04 bits per heavy atom. The molecule has 0 unspecified atom stereocenters. The van der Waals surface area contributed by atoms with E-state index in [0.29, 0.717) is 0 Å². The molecule has 0 aliphatic carbocycles. The topological polar surface area (TPSA) is 16.4 Å². The van der Waals surface area contributed by atoms with Gasteiger partial charge in [-0.2, -0.15) is 0 Å². The zero-order valence-electron chi connectivity index (χ0n) is 25.4. The van der Waals surface area contributed by atoms with Gasteiger partial charge in [-0.3, -0.25) is 0 Å². The van der Waals surface area contributed by atoms with Gasteiger partial charge in [0.1, 0.15) is 11.2 Å². The molecule has 8 aromatic carbocycles. The summed E-state index contributed by atoms with van der Waals surface area (Å²) in [6, 6.07) is 59.2. The fourth-order valence-electron chi connectivity index (χ4n) is 7.23. The number of benzene rings is 8. The molecule has 10 aromatic rings. The second kappa shape index (κ2) is 10.3. The maximum atomic E-state index is 6.22. The van der Waals surface area contributed by atoms with Gasteiger partial charge in [-0.25, -0.2) is 0 Å². The zero-order chi connectivity index (χ0) is 30.9. The summed E-state index contributed by atoms with van der Waals surface area (Å²) in [6.07, 6.45) is 0. The first-order valence-electron chi connectivity index (χ1n) is 15.9. The van der Waals surface area contributed by atoms with E-state index in [9.17, 15) is 0 Å². The van der Waals surface area contributed by atoms with Crippen LogP contribution in [0.1, 0.15) is 0 Å². The predicted molar refractivity (Wildman–Crippen MR) is 202 cm³/mol. The van der Waals surface area contributed by atoms with E-state index >= 15 is 0 Å². The van der Waals surface area contributed by atoms with Gasteiger partial charge in [0.25, 0.3) is 0 Å². The van der Waals surface area contributed by atoms with E-state index in [2.05, 4.69) is 157 Å². The summed E-state index contributed by atoms with van der Waals surface area (Å²) in [5.41, 5.74) is 7.68. The van der Waals surface area contributed by atoms with Crippen LogP contribution in [0.4, 0.5) is 17.1 Å². The highest BCUT2D eigenvalue weighted by atomic mass is 32.1. The first-order valence-corrected chi connectivity index (χ1v) is 16.7. The van der Waals surface area contributed by atoms with Crippen LogP contribution in [0.25, 0.3) is 74.8 Å². The molecule has 2 nitrogen and oxygen atoms in total. The van der Waals surface area contributed by atoms with Crippen molar-refractivity contribution in [3.63, 3.8) is 0 Å². The minimum absolute atomic E-state index is 0.924. The van der Waals surface area contributed by atoms with Gasteiger partial charge in [0.2, 0.25) is 0 Å². The van der Waals surface area contributed by atoms with Crippen molar-refractivity contribution >= 4 is 92.1 Å². The summed E-state index contributed by atoms with van der Waals surface area (Å²) in [6.45, 7) is 0. The van der Waals surface area contributed by atoms with E-state index in [4.69, 9.17) is 4.42 Å². The van der Waals surface area contributed by atoms with Crippen LogP contribution in [0.3, 0.4) is 0 Å². The summed E-state index contributed by atoms with van der Waals surface area (Å²) in [5.74, 6) is 0. The molecular weight excluding hydrogens is 591 g/mol. The van der Waals surface area contributed by atoms with Gasteiger partial charge in [-0.1, -0.05) is 103 Å². The second-order valence-electron chi connectivity index (χ2n) is 12.1. The first-order chi connectivity index (χ1) is 23.3. The van der Waals surface area contributed by atoms with Crippen LogP contribution in [0, 0.1) is 0 Å². The largest absolute Gasteiger partial charge is 0.456 e. The van der Waals surface area contributed by atoms with Crippen LogP contribution in [0.5, 0.6) is 0 Å². The Morgan fingerprint density at radius 2 is 1.13 bits per heavy atom. The zero-order valence-corrected chi connectivity index (χ0v) is 26.2. The second-order valence-corrected chi connectivity index (χ2v) is 13.2. The lowest BCUT2D eigenvalue weighted by atomic mass is 9.98. The molecule has 0 saturated heterocycles. The SMILES string of the molecule is c1ccc(-c2cccc(N(c3ccc4c(ccc5cc6oc7ccccc7c6cc54)c3)c3cccc4sc5ccccc5c34)c2)cc1. The highest BCUT2D eigenvalue weighted by Gasteiger charge is 2.20. The number of rotatable bonds is 4. The quantitative estimate of drug-likeness (QED) is 0.183. The Morgan fingerprint density at radius 1 is 0.404 bits per heavy atom. The van der Waals surface area contributed by atoms with Crippen molar-refractivity contribution in [1.82, 2.24) is 0 Å². The summed E-state index contributed by atoms with van der Waals surface area (Å²) in [5, 5.41) is 9.72. The van der Waals surface area contributed by atoms with Crippen molar-refractivity contribution in [2.75, 3.05) is 4.90 Å². The van der Waals surface area contributed by atoms with E-state index in [1.807, 2.05) is 23.5 Å². The van der Waals surface area contributed by atoms with Crippen molar-refractivity contribution in [3.05, 3.63) is 164 Å². The average molecular weight is 618 g/mol. The molecule has 3 heteroatoms. The molecule has 0 fully saturated rings. The molecular formula is C44H27NOS. The van der Waals surface area contributed by atoms with Crippen LogP contribution in [0.2, 0.25) is 0 Å². The summed E-state index contributed by atoms with van der Waals surface area (Å²) in [4.78, 5) is 2.43. The fraction of sp³-hybridized carbons (Fsp3) is 0. The Balaban J connectivity index is 1.22. The Labute approximate surface area is 275 Å². The summed E-state index contributed by atoms with van der Waals surface area (Å²) >= 11 is 1.86. The average Bonchev–Trinajstić information content (AvgIpc) is 3.69. The van der Waals surface area contributed by atoms with E-state index in [0.717, 1.165) is 33.3 Å². The molecule has 0 bridgehead atoms. The van der Waals surface area contributed by atoms with E-state index < -0.39 is 0 Å².